The zero-order valence-electron chi connectivity index (χ0n) is 20.5. The average Bonchev–Trinajstić information content (AvgIpc) is 3.21. The number of anilines is 3. The summed E-state index contributed by atoms with van der Waals surface area (Å²) in [6.45, 7) is 5.77. The molecule has 1 amide bonds. The van der Waals surface area contributed by atoms with Crippen molar-refractivity contribution in [1.82, 2.24) is 45.2 Å². The molecule has 4 N–H and O–H groups in total. The van der Waals surface area contributed by atoms with Gasteiger partial charge in [-0.1, -0.05) is 6.42 Å². The van der Waals surface area contributed by atoms with Crippen molar-refractivity contribution >= 4 is 34.4 Å². The monoisotopic (exact) mass is 489 g/mol. The Morgan fingerprint density at radius 3 is 2.75 bits per heavy atom. The number of fused-ring (bicyclic) bond motifs is 1. The van der Waals surface area contributed by atoms with Gasteiger partial charge >= 0.3 is 0 Å². The summed E-state index contributed by atoms with van der Waals surface area (Å²) in [4.78, 5) is 32.2. The normalized spacial score (nSPS) is 18.2. The van der Waals surface area contributed by atoms with Gasteiger partial charge in [0, 0.05) is 38.2 Å². The maximum Gasteiger partial charge on any atom is 0.252 e. The van der Waals surface area contributed by atoms with Gasteiger partial charge in [0.2, 0.25) is 5.95 Å². The second kappa shape index (κ2) is 10.7. The molecule has 188 valence electrons. The smallest absolute Gasteiger partial charge is 0.252 e. The van der Waals surface area contributed by atoms with E-state index < -0.39 is 0 Å². The fourth-order valence-corrected chi connectivity index (χ4v) is 4.35. The molecule has 0 spiro atoms. The molecule has 1 saturated heterocycles. The van der Waals surface area contributed by atoms with E-state index in [1.807, 2.05) is 20.0 Å². The summed E-state index contributed by atoms with van der Waals surface area (Å²) < 4.78 is 1.69. The summed E-state index contributed by atoms with van der Waals surface area (Å²) in [5.41, 5.74) is 2.76. The van der Waals surface area contributed by atoms with E-state index >= 15 is 0 Å². The number of hydrogen-bond donors (Lipinski definition) is 4. The third kappa shape index (κ3) is 5.43. The van der Waals surface area contributed by atoms with Gasteiger partial charge in [-0.2, -0.15) is 10.1 Å². The van der Waals surface area contributed by atoms with Gasteiger partial charge in [-0.25, -0.2) is 19.6 Å². The number of nitrogens with zero attached hydrogens (tertiary/aromatic N) is 7. The topological polar surface area (TPSA) is 138 Å². The number of hydrogen-bond acceptors (Lipinski definition) is 10. The van der Waals surface area contributed by atoms with Gasteiger partial charge in [0.05, 0.1) is 35.1 Å². The Morgan fingerprint density at radius 1 is 1.14 bits per heavy atom. The van der Waals surface area contributed by atoms with Crippen molar-refractivity contribution in [2.45, 2.75) is 32.2 Å². The van der Waals surface area contributed by atoms with E-state index in [1.165, 1.54) is 25.6 Å². The number of aromatic nitrogens is 6. The highest BCUT2D eigenvalue weighted by Crippen LogP contribution is 2.25. The molecule has 0 bridgehead atoms. The number of rotatable bonds is 8. The van der Waals surface area contributed by atoms with Gasteiger partial charge in [-0.05, 0) is 38.9 Å². The average molecular weight is 490 g/mol. The summed E-state index contributed by atoms with van der Waals surface area (Å²) >= 11 is 0. The van der Waals surface area contributed by atoms with Crippen LogP contribution in [0.3, 0.4) is 0 Å². The molecule has 12 heteroatoms. The molecule has 5 heterocycles. The zero-order chi connectivity index (χ0) is 24.9. The largest absolute Gasteiger partial charge is 0.382 e. The Balaban J connectivity index is 1.26. The third-order valence-electron chi connectivity index (χ3n) is 6.35. The Morgan fingerprint density at radius 2 is 1.94 bits per heavy atom. The maximum atomic E-state index is 12.8. The van der Waals surface area contributed by atoms with Crippen molar-refractivity contribution in [2.75, 3.05) is 36.8 Å². The molecule has 3 aromatic rings. The number of aryl methyl sites for hydroxylation is 1. The summed E-state index contributed by atoms with van der Waals surface area (Å²) in [5, 5.41) is 18.1. The SMILES string of the molecule is CC1NC=C(C(=O)NCCN2CCCCC2)C=C1Nc1nn(C)c2nc(Nc3cncnc3)ncc12. The molecule has 36 heavy (non-hydrogen) atoms. The minimum Gasteiger partial charge on any atom is -0.382 e. The Labute approximate surface area is 209 Å². The van der Waals surface area contributed by atoms with Crippen LogP contribution in [0.15, 0.2) is 48.5 Å². The van der Waals surface area contributed by atoms with Crippen LogP contribution in [0.4, 0.5) is 17.5 Å². The summed E-state index contributed by atoms with van der Waals surface area (Å²) in [7, 11) is 1.83. The van der Waals surface area contributed by atoms with Crippen molar-refractivity contribution in [3.8, 4) is 0 Å². The lowest BCUT2D eigenvalue weighted by molar-refractivity contribution is -0.117. The molecule has 0 radical (unpaired) electrons. The first-order valence-electron chi connectivity index (χ1n) is 12.2. The number of carbonyl (C=O) groups excluding carboxylic acids is 1. The van der Waals surface area contributed by atoms with Gasteiger partial charge in [0.25, 0.3) is 5.91 Å². The fourth-order valence-electron chi connectivity index (χ4n) is 4.35. The molecule has 1 atom stereocenters. The first kappa shape index (κ1) is 23.7. The number of dihydropyridines is 1. The lowest BCUT2D eigenvalue weighted by Gasteiger charge is -2.26. The predicted octanol–water partition coefficient (Wildman–Crippen LogP) is 1.67. The van der Waals surface area contributed by atoms with Gasteiger partial charge in [-0.15, -0.1) is 0 Å². The number of amides is 1. The van der Waals surface area contributed by atoms with Crippen LogP contribution in [0.5, 0.6) is 0 Å². The van der Waals surface area contributed by atoms with E-state index in [0.717, 1.165) is 30.7 Å². The van der Waals surface area contributed by atoms with Gasteiger partial charge < -0.3 is 26.2 Å². The van der Waals surface area contributed by atoms with Gasteiger partial charge in [0.15, 0.2) is 11.5 Å². The van der Waals surface area contributed by atoms with E-state index in [-0.39, 0.29) is 11.9 Å². The minimum absolute atomic E-state index is 0.0214. The lowest BCUT2D eigenvalue weighted by atomic mass is 10.1. The van der Waals surface area contributed by atoms with Crippen LogP contribution >= 0.6 is 0 Å². The summed E-state index contributed by atoms with van der Waals surface area (Å²) in [6.07, 6.45) is 13.9. The second-order valence-corrected chi connectivity index (χ2v) is 9.03. The number of nitrogens with one attached hydrogen (secondary N) is 4. The molecule has 0 aliphatic carbocycles. The van der Waals surface area contributed by atoms with Crippen molar-refractivity contribution in [3.63, 3.8) is 0 Å². The number of likely N-dealkylation sites (tertiary alicyclic amines) is 1. The molecule has 0 saturated carbocycles. The standard InChI is InChI=1S/C24H31N11O/c1-16-20(10-17(11-28-16)23(36)27-6-9-35-7-4-3-5-8-35)31-21-19-14-29-24(32-22(19)34(2)33-21)30-18-12-25-15-26-13-18/h10-16,28H,3-9H2,1-2H3,(H,27,36)(H,31,33)(H,29,30,32). The molecule has 1 fully saturated rings. The molecular formula is C24H31N11O. The van der Waals surface area contributed by atoms with E-state index in [4.69, 9.17) is 0 Å². The molecule has 0 aromatic carbocycles. The molecule has 1 unspecified atom stereocenters. The van der Waals surface area contributed by atoms with Crippen LogP contribution in [0, 0.1) is 0 Å². The van der Waals surface area contributed by atoms with Gasteiger partial charge in [0.1, 0.15) is 6.33 Å². The molecule has 3 aromatic heterocycles. The lowest BCUT2D eigenvalue weighted by Crippen LogP contribution is -2.39. The van der Waals surface area contributed by atoms with Crippen molar-refractivity contribution < 1.29 is 4.79 Å². The van der Waals surface area contributed by atoms with Gasteiger partial charge in [-0.3, -0.25) is 4.79 Å². The maximum absolute atomic E-state index is 12.8. The van der Waals surface area contributed by atoms with Crippen LogP contribution in [0.25, 0.3) is 11.0 Å². The number of carbonyl (C=O) groups is 1. The fraction of sp³-hybridized carbons (Fsp3) is 0.417. The quantitative estimate of drug-likeness (QED) is 0.370. The Bertz CT molecular complexity index is 1280. The minimum atomic E-state index is -0.0967. The Hall–Kier alpha value is -4.06. The van der Waals surface area contributed by atoms with Crippen LogP contribution in [0.2, 0.25) is 0 Å². The second-order valence-electron chi connectivity index (χ2n) is 9.03. The first-order chi connectivity index (χ1) is 17.6. The highest BCUT2D eigenvalue weighted by atomic mass is 16.1. The predicted molar refractivity (Wildman–Crippen MR) is 137 cm³/mol. The Kier molecular flexibility index (Phi) is 7.03. The van der Waals surface area contributed by atoms with Crippen LogP contribution in [0.1, 0.15) is 26.2 Å². The van der Waals surface area contributed by atoms with Crippen LogP contribution in [-0.2, 0) is 11.8 Å². The van der Waals surface area contributed by atoms with Crippen molar-refractivity contribution in [1.29, 1.82) is 0 Å². The van der Waals surface area contributed by atoms with E-state index in [0.29, 0.717) is 35.2 Å². The third-order valence-corrected chi connectivity index (χ3v) is 6.35. The van der Waals surface area contributed by atoms with Crippen LogP contribution < -0.4 is 21.3 Å². The van der Waals surface area contributed by atoms with Crippen molar-refractivity contribution in [3.05, 3.63) is 48.5 Å². The molecule has 2 aliphatic heterocycles. The molecule has 5 rings (SSSR count). The van der Waals surface area contributed by atoms with E-state index in [2.05, 4.69) is 51.2 Å². The van der Waals surface area contributed by atoms with E-state index in [1.54, 1.807) is 29.5 Å². The highest BCUT2D eigenvalue weighted by molar-refractivity contribution is 5.97. The molecular weight excluding hydrogens is 458 g/mol. The molecule has 12 nitrogen and oxygen atoms in total. The number of piperidine rings is 1. The summed E-state index contributed by atoms with van der Waals surface area (Å²) in [6, 6.07) is -0.0214. The zero-order valence-corrected chi connectivity index (χ0v) is 20.5. The van der Waals surface area contributed by atoms with Crippen LogP contribution in [-0.4, -0.2) is 72.7 Å². The molecule has 2 aliphatic rings. The van der Waals surface area contributed by atoms with E-state index in [9.17, 15) is 4.79 Å². The first-order valence-corrected chi connectivity index (χ1v) is 12.2. The summed E-state index contributed by atoms with van der Waals surface area (Å²) in [5.74, 6) is 0.944. The highest BCUT2D eigenvalue weighted by Gasteiger charge is 2.20. The van der Waals surface area contributed by atoms with Crippen molar-refractivity contribution in [2.24, 2.45) is 7.05 Å².